The number of ketones is 2. The van der Waals surface area contributed by atoms with Gasteiger partial charge in [-0.3, -0.25) is 19.5 Å². The number of aliphatic hydroxyl groups is 2. The molecule has 1 aromatic rings. The monoisotopic (exact) mass is 443 g/mol. The highest BCUT2D eigenvalue weighted by Gasteiger charge is 2.70. The maximum Gasteiger partial charge on any atom is 0.412 e. The summed E-state index contributed by atoms with van der Waals surface area (Å²) in [6.45, 7) is 6.96. The van der Waals surface area contributed by atoms with Crippen molar-refractivity contribution >= 4 is 23.5 Å². The maximum absolute atomic E-state index is 14.6. The van der Waals surface area contributed by atoms with Gasteiger partial charge in [0.25, 0.3) is 0 Å². The van der Waals surface area contributed by atoms with Gasteiger partial charge in [-0.25, -0.2) is 14.0 Å². The molecule has 1 aliphatic rings. The summed E-state index contributed by atoms with van der Waals surface area (Å²) in [6, 6.07) is 0. The van der Waals surface area contributed by atoms with Gasteiger partial charge in [-0.1, -0.05) is 13.8 Å². The molecule has 0 unspecified atom stereocenters. The van der Waals surface area contributed by atoms with Crippen molar-refractivity contribution in [3.8, 4) is 0 Å². The molecule has 0 radical (unpaired) electrons. The third kappa shape index (κ3) is 4.23. The van der Waals surface area contributed by atoms with Crippen LogP contribution in [-0.4, -0.2) is 61.3 Å². The summed E-state index contributed by atoms with van der Waals surface area (Å²) in [5, 5.41) is 23.7. The average molecular weight is 443 g/mol. The van der Waals surface area contributed by atoms with Crippen molar-refractivity contribution in [1.29, 1.82) is 0 Å². The number of rotatable bonds is 7. The molecule has 12 heteroatoms. The molecule has 1 amide bonds. The van der Waals surface area contributed by atoms with Gasteiger partial charge in [0, 0.05) is 0 Å². The van der Waals surface area contributed by atoms with Crippen LogP contribution in [0.4, 0.5) is 15.0 Å². The Labute approximate surface area is 177 Å². The number of ether oxygens (including phenoxy) is 2. The Hall–Kier alpha value is -2.70. The minimum absolute atomic E-state index is 0.0747. The van der Waals surface area contributed by atoms with Gasteiger partial charge < -0.3 is 19.7 Å². The molecule has 1 aliphatic heterocycles. The molecule has 3 N–H and O–H groups in total. The molecule has 172 valence electrons. The number of aromatic nitrogens is 2. The Bertz CT molecular complexity index is 949. The van der Waals surface area contributed by atoms with E-state index in [1.54, 1.807) is 0 Å². The quantitative estimate of drug-likeness (QED) is 0.547. The Morgan fingerprint density at radius 1 is 1.29 bits per heavy atom. The van der Waals surface area contributed by atoms with Crippen molar-refractivity contribution in [2.24, 2.45) is 5.92 Å². The minimum atomic E-state index is -2.89. The first-order chi connectivity index (χ1) is 14.3. The molecule has 0 aromatic carbocycles. The summed E-state index contributed by atoms with van der Waals surface area (Å²) in [4.78, 5) is 51.9. The van der Waals surface area contributed by atoms with E-state index in [1.807, 2.05) is 19.2 Å². The number of hydrogen-bond donors (Lipinski definition) is 3. The molecule has 0 saturated carbocycles. The smallest absolute Gasteiger partial charge is 0.412 e. The normalized spacial score (nSPS) is 27.9. The molecule has 0 spiro atoms. The maximum atomic E-state index is 14.6. The van der Waals surface area contributed by atoms with Crippen LogP contribution in [0.15, 0.2) is 11.0 Å². The molecular formula is C19H26FN3O8. The van der Waals surface area contributed by atoms with Crippen LogP contribution < -0.4 is 11.0 Å². The van der Waals surface area contributed by atoms with Crippen LogP contribution >= 0.6 is 0 Å². The Kier molecular flexibility index (Phi) is 6.98. The molecule has 1 aromatic heterocycles. The number of amides is 1. The number of carbonyl (C=O) groups excluding carboxylic acids is 3. The standard InChI is InChI=1S/C19H26FN3O8/c1-9(2)6-7-30-17(27)22-14-13(20)8-23(16(26)21-14)15-19(29,11(4)25)18(28,10(3)24)12(5)31-15/h8-9,12,15,28-29H,6-7H2,1-5H3,(H,21,22,26,27)/t12-,15-,18-,19+/m1/s1. The fraction of sp³-hybridized carbons (Fsp3) is 0.632. The van der Waals surface area contributed by atoms with Crippen molar-refractivity contribution in [2.45, 2.75) is 64.6 Å². The zero-order valence-electron chi connectivity index (χ0n) is 17.8. The summed E-state index contributed by atoms with van der Waals surface area (Å²) in [5.74, 6) is -3.74. The number of nitrogens with zero attached hydrogens (tertiary/aromatic N) is 2. The van der Waals surface area contributed by atoms with Gasteiger partial charge in [-0.15, -0.1) is 0 Å². The second-order valence-electron chi connectivity index (χ2n) is 7.85. The SMILES string of the molecule is CC(=O)[C@@]1(O)[C@@H](C)O[C@@H](n2cc(F)c(NC(=O)OCCC(C)C)nc2=O)[C@@]1(O)C(C)=O. The fourth-order valence-corrected chi connectivity index (χ4v) is 3.37. The van der Waals surface area contributed by atoms with Gasteiger partial charge >= 0.3 is 11.8 Å². The van der Waals surface area contributed by atoms with E-state index in [1.165, 1.54) is 6.92 Å². The summed E-state index contributed by atoms with van der Waals surface area (Å²) in [6.07, 6.45) is -3.27. The largest absolute Gasteiger partial charge is 0.449 e. The molecule has 4 atom stereocenters. The Morgan fingerprint density at radius 3 is 2.39 bits per heavy atom. The first-order valence-electron chi connectivity index (χ1n) is 9.61. The highest BCUT2D eigenvalue weighted by molar-refractivity contribution is 5.98. The fourth-order valence-electron chi connectivity index (χ4n) is 3.37. The molecule has 1 fully saturated rings. The van der Waals surface area contributed by atoms with Crippen molar-refractivity contribution in [2.75, 3.05) is 11.9 Å². The van der Waals surface area contributed by atoms with E-state index in [9.17, 15) is 33.8 Å². The topological polar surface area (TPSA) is 157 Å². The van der Waals surface area contributed by atoms with Crippen LogP contribution in [0.25, 0.3) is 0 Å². The lowest BCUT2D eigenvalue weighted by atomic mass is 9.75. The van der Waals surface area contributed by atoms with Crippen molar-refractivity contribution in [3.63, 3.8) is 0 Å². The number of nitrogens with one attached hydrogen (secondary N) is 1. The summed E-state index contributed by atoms with van der Waals surface area (Å²) < 4.78 is 25.2. The minimum Gasteiger partial charge on any atom is -0.449 e. The second-order valence-corrected chi connectivity index (χ2v) is 7.85. The molecule has 1 saturated heterocycles. The molecular weight excluding hydrogens is 417 g/mol. The summed E-state index contributed by atoms with van der Waals surface area (Å²) in [7, 11) is 0. The summed E-state index contributed by atoms with van der Waals surface area (Å²) >= 11 is 0. The van der Waals surface area contributed by atoms with Crippen molar-refractivity contribution < 1.29 is 38.5 Å². The van der Waals surface area contributed by atoms with E-state index in [-0.39, 0.29) is 12.5 Å². The lowest BCUT2D eigenvalue weighted by molar-refractivity contribution is -0.180. The van der Waals surface area contributed by atoms with Crippen LogP contribution in [0, 0.1) is 11.7 Å². The van der Waals surface area contributed by atoms with Gasteiger partial charge in [0.05, 0.1) is 18.9 Å². The lowest BCUT2D eigenvalue weighted by Crippen LogP contribution is -2.65. The molecule has 0 bridgehead atoms. The van der Waals surface area contributed by atoms with E-state index < -0.39 is 58.5 Å². The van der Waals surface area contributed by atoms with E-state index >= 15 is 0 Å². The van der Waals surface area contributed by atoms with E-state index in [2.05, 4.69) is 4.98 Å². The van der Waals surface area contributed by atoms with Gasteiger partial charge in [-0.05, 0) is 33.1 Å². The number of hydrogen-bond acceptors (Lipinski definition) is 9. The van der Waals surface area contributed by atoms with Gasteiger partial charge in [0.1, 0.15) is 0 Å². The Morgan fingerprint density at radius 2 is 1.87 bits per heavy atom. The third-order valence-corrected chi connectivity index (χ3v) is 5.24. The van der Waals surface area contributed by atoms with Crippen molar-refractivity contribution in [3.05, 3.63) is 22.5 Å². The van der Waals surface area contributed by atoms with Gasteiger partial charge in [0.2, 0.25) is 5.60 Å². The van der Waals surface area contributed by atoms with Gasteiger partial charge in [0.15, 0.2) is 35.0 Å². The molecule has 2 heterocycles. The second kappa shape index (κ2) is 8.81. The first kappa shape index (κ1) is 24.6. The molecule has 11 nitrogen and oxygen atoms in total. The molecule has 31 heavy (non-hydrogen) atoms. The number of Topliss-reactive ketones (excluding diaryl/α,β-unsaturated/α-hetero) is 2. The summed E-state index contributed by atoms with van der Waals surface area (Å²) in [5.41, 5.74) is -6.79. The number of anilines is 1. The van der Waals surface area contributed by atoms with Gasteiger partial charge in [-0.2, -0.15) is 4.98 Å². The van der Waals surface area contributed by atoms with E-state index in [4.69, 9.17) is 9.47 Å². The third-order valence-electron chi connectivity index (χ3n) is 5.24. The zero-order chi connectivity index (χ0) is 23.7. The number of carbonyl (C=O) groups is 3. The molecule has 0 aliphatic carbocycles. The van der Waals surface area contributed by atoms with E-state index in [0.29, 0.717) is 17.2 Å². The Balaban J connectivity index is 2.39. The predicted molar refractivity (Wildman–Crippen MR) is 104 cm³/mol. The van der Waals surface area contributed by atoms with Crippen LogP contribution in [0.1, 0.15) is 47.3 Å². The highest BCUT2D eigenvalue weighted by Crippen LogP contribution is 2.46. The number of halogens is 1. The average Bonchev–Trinajstić information content (AvgIpc) is 2.87. The van der Waals surface area contributed by atoms with Crippen LogP contribution in [0.2, 0.25) is 0 Å². The zero-order valence-corrected chi connectivity index (χ0v) is 17.8. The van der Waals surface area contributed by atoms with Crippen LogP contribution in [0.5, 0.6) is 0 Å². The van der Waals surface area contributed by atoms with Crippen LogP contribution in [0.3, 0.4) is 0 Å². The van der Waals surface area contributed by atoms with Crippen LogP contribution in [-0.2, 0) is 19.1 Å². The predicted octanol–water partition coefficient (Wildman–Crippen LogP) is 0.534. The van der Waals surface area contributed by atoms with E-state index in [0.717, 1.165) is 13.8 Å². The lowest BCUT2D eigenvalue weighted by Gasteiger charge is -2.36. The first-order valence-corrected chi connectivity index (χ1v) is 9.61. The van der Waals surface area contributed by atoms with Crippen molar-refractivity contribution in [1.82, 2.24) is 9.55 Å². The highest BCUT2D eigenvalue weighted by atomic mass is 19.1. The molecule has 2 rings (SSSR count).